The van der Waals surface area contributed by atoms with Crippen molar-refractivity contribution in [1.29, 1.82) is 0 Å². The lowest BCUT2D eigenvalue weighted by atomic mass is 9.79. The minimum absolute atomic E-state index is 0.0156. The molecule has 0 bridgehead atoms. The SMILES string of the molecule is CC(C)=CCCC(C=CI)OC(c1ccccc1)(c1ccccc1)c1ccccc1. The normalized spacial score (nSPS) is 12.6. The predicted octanol–water partition coefficient (Wildman–Crippen LogP) is 8.06. The zero-order chi connectivity index (χ0) is 21.2. The van der Waals surface area contributed by atoms with E-state index in [2.05, 4.69) is 144 Å². The molecule has 1 nitrogen and oxygen atoms in total. The van der Waals surface area contributed by atoms with E-state index in [4.69, 9.17) is 4.74 Å². The van der Waals surface area contributed by atoms with Crippen molar-refractivity contribution >= 4 is 22.6 Å². The maximum absolute atomic E-state index is 7.10. The van der Waals surface area contributed by atoms with Crippen molar-refractivity contribution in [3.05, 3.63) is 129 Å². The van der Waals surface area contributed by atoms with E-state index in [1.165, 1.54) is 5.57 Å². The van der Waals surface area contributed by atoms with Crippen LogP contribution in [-0.4, -0.2) is 6.10 Å². The van der Waals surface area contributed by atoms with Gasteiger partial charge in [0.2, 0.25) is 0 Å². The molecule has 2 heteroatoms. The third-order valence-electron chi connectivity index (χ3n) is 5.16. The van der Waals surface area contributed by atoms with Gasteiger partial charge in [-0.15, -0.1) is 0 Å². The summed E-state index contributed by atoms with van der Waals surface area (Å²) >= 11 is 2.29. The van der Waals surface area contributed by atoms with Crippen molar-refractivity contribution in [2.45, 2.75) is 38.4 Å². The van der Waals surface area contributed by atoms with Crippen LogP contribution in [0.4, 0.5) is 0 Å². The van der Waals surface area contributed by atoms with Gasteiger partial charge >= 0.3 is 0 Å². The summed E-state index contributed by atoms with van der Waals surface area (Å²) in [7, 11) is 0. The molecular formula is C28H29IO. The van der Waals surface area contributed by atoms with Crippen molar-refractivity contribution < 1.29 is 4.74 Å². The molecule has 0 saturated carbocycles. The molecule has 3 aromatic rings. The summed E-state index contributed by atoms with van der Waals surface area (Å²) in [4.78, 5) is 0. The van der Waals surface area contributed by atoms with Gasteiger partial charge in [-0.25, -0.2) is 0 Å². The van der Waals surface area contributed by atoms with Crippen LogP contribution in [-0.2, 0) is 10.3 Å². The fourth-order valence-electron chi connectivity index (χ4n) is 3.76. The van der Waals surface area contributed by atoms with Crippen LogP contribution in [0.2, 0.25) is 0 Å². The Labute approximate surface area is 194 Å². The van der Waals surface area contributed by atoms with Crippen LogP contribution < -0.4 is 0 Å². The fourth-order valence-corrected chi connectivity index (χ4v) is 4.22. The molecule has 154 valence electrons. The number of benzene rings is 3. The lowest BCUT2D eigenvalue weighted by Gasteiger charge is -2.38. The highest BCUT2D eigenvalue weighted by Gasteiger charge is 2.39. The number of ether oxygens (including phenoxy) is 1. The smallest absolute Gasteiger partial charge is 0.144 e. The highest BCUT2D eigenvalue weighted by molar-refractivity contribution is 14.1. The zero-order valence-corrected chi connectivity index (χ0v) is 19.8. The molecule has 0 fully saturated rings. The summed E-state index contributed by atoms with van der Waals surface area (Å²) in [5, 5.41) is 0. The van der Waals surface area contributed by atoms with Crippen molar-refractivity contribution in [2.24, 2.45) is 0 Å². The number of allylic oxidation sites excluding steroid dienone is 2. The van der Waals surface area contributed by atoms with E-state index < -0.39 is 5.60 Å². The van der Waals surface area contributed by atoms with Crippen molar-refractivity contribution in [1.82, 2.24) is 0 Å². The molecule has 0 saturated heterocycles. The third-order valence-corrected chi connectivity index (χ3v) is 5.58. The van der Waals surface area contributed by atoms with Gasteiger partial charge in [-0.2, -0.15) is 0 Å². The lowest BCUT2D eigenvalue weighted by molar-refractivity contribution is -0.0272. The highest BCUT2D eigenvalue weighted by Crippen LogP contribution is 2.42. The van der Waals surface area contributed by atoms with Gasteiger partial charge < -0.3 is 4.74 Å². The summed E-state index contributed by atoms with van der Waals surface area (Å²) < 4.78 is 9.16. The van der Waals surface area contributed by atoms with Crippen molar-refractivity contribution in [3.63, 3.8) is 0 Å². The number of hydrogen-bond donors (Lipinski definition) is 0. The fraction of sp³-hybridized carbons (Fsp3) is 0.214. The first kappa shape index (κ1) is 22.5. The number of hydrogen-bond acceptors (Lipinski definition) is 1. The Morgan fingerprint density at radius 2 is 1.23 bits per heavy atom. The minimum Gasteiger partial charge on any atom is -0.354 e. The maximum Gasteiger partial charge on any atom is 0.144 e. The Morgan fingerprint density at radius 1 is 0.800 bits per heavy atom. The molecule has 0 aliphatic carbocycles. The average Bonchev–Trinajstić information content (AvgIpc) is 2.79. The molecule has 0 aliphatic heterocycles. The van der Waals surface area contributed by atoms with Crippen LogP contribution >= 0.6 is 22.6 Å². The largest absolute Gasteiger partial charge is 0.354 e. The minimum atomic E-state index is -0.685. The molecule has 0 heterocycles. The van der Waals surface area contributed by atoms with Crippen LogP contribution in [0.1, 0.15) is 43.4 Å². The van der Waals surface area contributed by atoms with Crippen LogP contribution in [0.5, 0.6) is 0 Å². The second-order valence-corrected chi connectivity index (χ2v) is 8.33. The molecule has 1 unspecified atom stereocenters. The molecular weight excluding hydrogens is 479 g/mol. The van der Waals surface area contributed by atoms with E-state index in [-0.39, 0.29) is 6.10 Å². The van der Waals surface area contributed by atoms with E-state index in [9.17, 15) is 0 Å². The molecule has 1 atom stereocenters. The van der Waals surface area contributed by atoms with Crippen LogP contribution in [0.15, 0.2) is 113 Å². The summed E-state index contributed by atoms with van der Waals surface area (Å²) in [5.41, 5.74) is 4.06. The van der Waals surface area contributed by atoms with E-state index >= 15 is 0 Å². The highest BCUT2D eigenvalue weighted by atomic mass is 127. The van der Waals surface area contributed by atoms with Gasteiger partial charge in [-0.05, 0) is 53.5 Å². The summed E-state index contributed by atoms with van der Waals surface area (Å²) in [6, 6.07) is 31.7. The molecule has 0 radical (unpaired) electrons. The third kappa shape index (κ3) is 5.50. The molecule has 0 N–H and O–H groups in total. The first-order valence-corrected chi connectivity index (χ1v) is 11.7. The predicted molar refractivity (Wildman–Crippen MR) is 136 cm³/mol. The Bertz CT molecular complexity index is 845. The second-order valence-electron chi connectivity index (χ2n) is 7.61. The Balaban J connectivity index is 2.16. The van der Waals surface area contributed by atoms with Gasteiger partial charge in [0.25, 0.3) is 0 Å². The van der Waals surface area contributed by atoms with Gasteiger partial charge in [0.05, 0.1) is 6.10 Å². The average molecular weight is 508 g/mol. The maximum atomic E-state index is 7.10. The van der Waals surface area contributed by atoms with Gasteiger partial charge in [-0.1, -0.05) is 125 Å². The van der Waals surface area contributed by atoms with E-state index in [0.717, 1.165) is 29.5 Å². The zero-order valence-electron chi connectivity index (χ0n) is 17.7. The van der Waals surface area contributed by atoms with Crippen LogP contribution in [0.25, 0.3) is 0 Å². The Kier molecular flexibility index (Phi) is 8.47. The van der Waals surface area contributed by atoms with E-state index in [0.29, 0.717) is 0 Å². The van der Waals surface area contributed by atoms with Crippen LogP contribution in [0.3, 0.4) is 0 Å². The molecule has 0 aromatic heterocycles. The van der Waals surface area contributed by atoms with Gasteiger partial charge in [0, 0.05) is 0 Å². The molecule has 0 amide bonds. The molecule has 3 aromatic carbocycles. The Morgan fingerprint density at radius 3 is 1.60 bits per heavy atom. The van der Waals surface area contributed by atoms with Gasteiger partial charge in [0.1, 0.15) is 5.60 Å². The van der Waals surface area contributed by atoms with Crippen LogP contribution in [0, 0.1) is 0 Å². The molecule has 0 spiro atoms. The number of halogens is 1. The monoisotopic (exact) mass is 508 g/mol. The first-order valence-electron chi connectivity index (χ1n) is 10.4. The summed E-state index contributed by atoms with van der Waals surface area (Å²) in [6.45, 7) is 4.29. The van der Waals surface area contributed by atoms with Crippen molar-refractivity contribution in [3.8, 4) is 0 Å². The van der Waals surface area contributed by atoms with E-state index in [1.54, 1.807) is 0 Å². The second kappa shape index (κ2) is 11.3. The Hall–Kier alpha value is -2.17. The van der Waals surface area contributed by atoms with Gasteiger partial charge in [-0.3, -0.25) is 0 Å². The summed E-state index contributed by atoms with van der Waals surface area (Å²) in [5.74, 6) is 0. The molecule has 0 aliphatic rings. The topological polar surface area (TPSA) is 9.23 Å². The van der Waals surface area contributed by atoms with E-state index in [1.807, 2.05) is 0 Å². The van der Waals surface area contributed by atoms with Gasteiger partial charge in [0.15, 0.2) is 0 Å². The number of rotatable bonds is 9. The van der Waals surface area contributed by atoms with Crippen molar-refractivity contribution in [2.75, 3.05) is 0 Å². The molecule has 30 heavy (non-hydrogen) atoms. The first-order chi connectivity index (χ1) is 14.7. The quantitative estimate of drug-likeness (QED) is 0.161. The summed E-state index contributed by atoms with van der Waals surface area (Å²) in [6.07, 6.45) is 6.36. The lowest BCUT2D eigenvalue weighted by Crippen LogP contribution is -2.36. The standard InChI is InChI=1S/C28H29IO/c1-23(2)13-12-20-27(21-22-29)30-28(24-14-6-3-7-15-24,25-16-8-4-9-17-25)26-18-10-5-11-19-26/h3-11,13-19,21-22,27H,12,20H2,1-2H3. The molecule has 3 rings (SSSR count).